The minimum atomic E-state index is -1.10. The molecule has 0 heterocycles. The number of esters is 2. The van der Waals surface area contributed by atoms with Crippen molar-refractivity contribution in [1.29, 1.82) is 0 Å². The lowest BCUT2D eigenvalue weighted by molar-refractivity contribution is -0.175. The number of rotatable bonds is 14. The van der Waals surface area contributed by atoms with E-state index in [0.717, 1.165) is 11.1 Å². The zero-order valence-corrected chi connectivity index (χ0v) is 23.5. The zero-order valence-electron chi connectivity index (χ0n) is 23.5. The predicted molar refractivity (Wildman–Crippen MR) is 147 cm³/mol. The van der Waals surface area contributed by atoms with E-state index in [4.69, 9.17) is 9.47 Å². The molecule has 0 saturated heterocycles. The van der Waals surface area contributed by atoms with Gasteiger partial charge in [0, 0.05) is 5.92 Å². The molecule has 1 amide bonds. The summed E-state index contributed by atoms with van der Waals surface area (Å²) in [6.45, 7) is 8.36. The Balaban J connectivity index is 2.28. The maximum atomic E-state index is 13.5. The first-order chi connectivity index (χ1) is 18.4. The maximum absolute atomic E-state index is 13.5. The number of aliphatic carboxylic acids is 1. The van der Waals surface area contributed by atoms with Gasteiger partial charge in [0.2, 0.25) is 12.7 Å². The van der Waals surface area contributed by atoms with Crippen molar-refractivity contribution in [2.45, 2.75) is 66.3 Å². The Morgan fingerprint density at radius 3 is 1.77 bits per heavy atom. The van der Waals surface area contributed by atoms with Crippen LogP contribution in [0, 0.1) is 23.2 Å². The Labute approximate surface area is 231 Å². The van der Waals surface area contributed by atoms with Crippen LogP contribution in [0.3, 0.4) is 0 Å². The van der Waals surface area contributed by atoms with Crippen molar-refractivity contribution in [3.63, 3.8) is 0 Å². The van der Waals surface area contributed by atoms with E-state index in [0.29, 0.717) is 12.8 Å². The summed E-state index contributed by atoms with van der Waals surface area (Å²) >= 11 is 0. The van der Waals surface area contributed by atoms with Crippen LogP contribution in [-0.4, -0.2) is 41.8 Å². The molecular weight excluding hydrogens is 498 g/mol. The largest absolute Gasteiger partial charge is 0.480 e. The molecule has 0 aromatic heterocycles. The number of hydrogen-bond donors (Lipinski definition) is 2. The molecule has 0 saturated carbocycles. The molecule has 2 N–H and O–H groups in total. The van der Waals surface area contributed by atoms with Crippen molar-refractivity contribution >= 4 is 23.8 Å². The van der Waals surface area contributed by atoms with Crippen LogP contribution in [0.1, 0.15) is 58.6 Å². The number of carboxylic acid groups (broad SMARTS) is 1. The molecule has 8 nitrogen and oxygen atoms in total. The first kappa shape index (κ1) is 31.5. The summed E-state index contributed by atoms with van der Waals surface area (Å²) < 4.78 is 10.5. The fourth-order valence-corrected chi connectivity index (χ4v) is 4.14. The van der Waals surface area contributed by atoms with E-state index in [9.17, 15) is 24.3 Å². The van der Waals surface area contributed by atoms with E-state index in [2.05, 4.69) is 5.32 Å². The summed E-state index contributed by atoms with van der Waals surface area (Å²) in [5, 5.41) is 12.4. The smallest absolute Gasteiger partial charge is 0.326 e. The summed E-state index contributed by atoms with van der Waals surface area (Å²) in [5.41, 5.74) is 1.03. The summed E-state index contributed by atoms with van der Waals surface area (Å²) in [4.78, 5) is 50.6. The molecule has 0 aliphatic heterocycles. The van der Waals surface area contributed by atoms with E-state index in [-0.39, 0.29) is 18.8 Å². The molecule has 8 heteroatoms. The molecule has 0 spiro atoms. The van der Waals surface area contributed by atoms with Gasteiger partial charge in [-0.1, -0.05) is 74.5 Å². The summed E-state index contributed by atoms with van der Waals surface area (Å²) in [5.74, 6) is -3.98. The number of carbonyl (C=O) groups is 4. The normalized spacial score (nSPS) is 13.7. The fourth-order valence-electron chi connectivity index (χ4n) is 4.14. The third-order valence-electron chi connectivity index (χ3n) is 6.25. The van der Waals surface area contributed by atoms with Gasteiger partial charge in [0.15, 0.2) is 0 Å². The highest BCUT2D eigenvalue weighted by molar-refractivity contribution is 5.85. The number of carbonyl (C=O) groups excluding carboxylic acids is 3. The van der Waals surface area contributed by atoms with Crippen LogP contribution in [0.2, 0.25) is 0 Å². The highest BCUT2D eigenvalue weighted by Gasteiger charge is 2.32. The highest BCUT2D eigenvalue weighted by Crippen LogP contribution is 2.24. The molecule has 2 aromatic carbocycles. The van der Waals surface area contributed by atoms with Crippen LogP contribution in [-0.2, 0) is 41.5 Å². The number of ether oxygens (including phenoxy) is 2. The molecule has 212 valence electrons. The first-order valence-corrected chi connectivity index (χ1v) is 13.3. The Hall–Kier alpha value is -3.68. The van der Waals surface area contributed by atoms with Crippen molar-refractivity contribution in [3.8, 4) is 0 Å². The SMILES string of the molecule is CC(C)C[C@H](NC(=O)[C@@H](Cc1ccccc1)C[C@H](Cc1ccccc1)C(=O)OCOC(=O)C(C)(C)C)C(=O)O. The van der Waals surface area contributed by atoms with E-state index in [1.807, 2.05) is 74.5 Å². The Morgan fingerprint density at radius 1 is 0.795 bits per heavy atom. The Morgan fingerprint density at radius 2 is 1.31 bits per heavy atom. The molecule has 3 atom stereocenters. The number of amides is 1. The molecule has 39 heavy (non-hydrogen) atoms. The zero-order chi connectivity index (χ0) is 29.0. The summed E-state index contributed by atoms with van der Waals surface area (Å²) in [7, 11) is 0. The fraction of sp³-hybridized carbons (Fsp3) is 0.484. The third kappa shape index (κ3) is 11.3. The average Bonchev–Trinajstić information content (AvgIpc) is 2.87. The monoisotopic (exact) mass is 539 g/mol. The van der Waals surface area contributed by atoms with Gasteiger partial charge in [0.25, 0.3) is 0 Å². The van der Waals surface area contributed by atoms with E-state index in [1.54, 1.807) is 20.8 Å². The second-order valence-electron chi connectivity index (χ2n) is 11.3. The lowest BCUT2D eigenvalue weighted by atomic mass is 9.85. The first-order valence-electron chi connectivity index (χ1n) is 13.3. The van der Waals surface area contributed by atoms with Gasteiger partial charge in [-0.2, -0.15) is 0 Å². The average molecular weight is 540 g/mol. The van der Waals surface area contributed by atoms with Gasteiger partial charge in [-0.25, -0.2) is 4.79 Å². The Kier molecular flexibility index (Phi) is 12.2. The second kappa shape index (κ2) is 15.0. The van der Waals surface area contributed by atoms with Crippen LogP contribution in [0.25, 0.3) is 0 Å². The predicted octanol–water partition coefficient (Wildman–Crippen LogP) is 4.80. The van der Waals surface area contributed by atoms with Crippen molar-refractivity contribution < 1.29 is 33.8 Å². The second-order valence-corrected chi connectivity index (χ2v) is 11.3. The minimum Gasteiger partial charge on any atom is -0.480 e. The maximum Gasteiger partial charge on any atom is 0.326 e. The van der Waals surface area contributed by atoms with Crippen LogP contribution in [0.15, 0.2) is 60.7 Å². The van der Waals surface area contributed by atoms with Crippen molar-refractivity contribution in [1.82, 2.24) is 5.32 Å². The van der Waals surface area contributed by atoms with Gasteiger partial charge < -0.3 is 19.9 Å². The van der Waals surface area contributed by atoms with E-state index in [1.165, 1.54) is 0 Å². The van der Waals surface area contributed by atoms with Crippen molar-refractivity contribution in [3.05, 3.63) is 71.8 Å². The summed E-state index contributed by atoms with van der Waals surface area (Å²) in [6, 6.07) is 17.7. The van der Waals surface area contributed by atoms with Gasteiger partial charge in [0.1, 0.15) is 6.04 Å². The van der Waals surface area contributed by atoms with Crippen molar-refractivity contribution in [2.24, 2.45) is 23.2 Å². The third-order valence-corrected chi connectivity index (χ3v) is 6.25. The molecule has 0 fully saturated rings. The molecule has 0 unspecified atom stereocenters. The molecule has 0 aliphatic carbocycles. The van der Waals surface area contributed by atoms with Crippen LogP contribution < -0.4 is 5.32 Å². The molecular formula is C31H41NO7. The number of hydrogen-bond acceptors (Lipinski definition) is 6. The van der Waals surface area contributed by atoms with Crippen molar-refractivity contribution in [2.75, 3.05) is 6.79 Å². The molecule has 0 radical (unpaired) electrons. The molecule has 2 rings (SSSR count). The van der Waals surface area contributed by atoms with Crippen LogP contribution in [0.4, 0.5) is 0 Å². The molecule has 2 aromatic rings. The summed E-state index contributed by atoms with van der Waals surface area (Å²) in [6.07, 6.45) is 1.03. The number of carboxylic acids is 1. The quantitative estimate of drug-likeness (QED) is 0.261. The van der Waals surface area contributed by atoms with E-state index >= 15 is 0 Å². The van der Waals surface area contributed by atoms with Gasteiger partial charge in [-0.05, 0) is 63.5 Å². The van der Waals surface area contributed by atoms with E-state index < -0.39 is 53.9 Å². The van der Waals surface area contributed by atoms with Crippen LogP contribution in [0.5, 0.6) is 0 Å². The number of nitrogens with one attached hydrogen (secondary N) is 1. The van der Waals surface area contributed by atoms with Gasteiger partial charge in [-0.3, -0.25) is 14.4 Å². The topological polar surface area (TPSA) is 119 Å². The van der Waals surface area contributed by atoms with Gasteiger partial charge in [-0.15, -0.1) is 0 Å². The number of benzene rings is 2. The minimum absolute atomic E-state index is 0.0654. The lowest BCUT2D eigenvalue weighted by Crippen LogP contribution is -2.45. The van der Waals surface area contributed by atoms with Crippen LogP contribution >= 0.6 is 0 Å². The van der Waals surface area contributed by atoms with Gasteiger partial charge >= 0.3 is 17.9 Å². The standard InChI is InChI=1S/C31H41NO7/c1-21(2)16-26(28(34)35)32-27(33)24(17-22-12-8-6-9-13-22)19-25(18-23-14-10-7-11-15-23)29(36)38-20-39-30(37)31(3,4)5/h6-15,21,24-26H,16-20H2,1-5H3,(H,32,33)(H,34,35)/t24-,25-,26-/m0/s1. The Bertz CT molecular complexity index is 1080. The lowest BCUT2D eigenvalue weighted by Gasteiger charge is -2.25. The molecule has 0 bridgehead atoms. The highest BCUT2D eigenvalue weighted by atomic mass is 16.7. The molecule has 0 aliphatic rings. The van der Waals surface area contributed by atoms with Gasteiger partial charge in [0.05, 0.1) is 11.3 Å².